The van der Waals surface area contributed by atoms with Crippen molar-refractivity contribution >= 4 is 0 Å². The van der Waals surface area contributed by atoms with Crippen molar-refractivity contribution in [2.75, 3.05) is 0 Å². The van der Waals surface area contributed by atoms with E-state index in [1.807, 2.05) is 0 Å². The summed E-state index contributed by atoms with van der Waals surface area (Å²) >= 11 is 0. The van der Waals surface area contributed by atoms with Gasteiger partial charge in [-0.15, -0.1) is 0 Å². The Morgan fingerprint density at radius 1 is 1.11 bits per heavy atom. The van der Waals surface area contributed by atoms with Crippen molar-refractivity contribution in [3.63, 3.8) is 0 Å². The molecule has 0 aromatic heterocycles. The van der Waals surface area contributed by atoms with Gasteiger partial charge in [0.2, 0.25) is 0 Å². The molecule has 1 aromatic carbocycles. The maximum absolute atomic E-state index is 13.5. The van der Waals surface area contributed by atoms with E-state index in [9.17, 15) is 22.0 Å². The van der Waals surface area contributed by atoms with Gasteiger partial charge in [0.15, 0.2) is 11.6 Å². The SMILES string of the molecule is Cc1c(C2CCC(C(F)(F)F)C2C)ccc(F)c1F. The van der Waals surface area contributed by atoms with Crippen LogP contribution in [0.1, 0.15) is 36.8 Å². The Morgan fingerprint density at radius 3 is 2.26 bits per heavy atom. The minimum Gasteiger partial charge on any atom is -0.204 e. The Labute approximate surface area is 108 Å². The highest BCUT2D eigenvalue weighted by Crippen LogP contribution is 2.50. The zero-order valence-electron chi connectivity index (χ0n) is 10.7. The zero-order chi connectivity index (χ0) is 14.4. The monoisotopic (exact) mass is 278 g/mol. The molecule has 0 amide bonds. The lowest BCUT2D eigenvalue weighted by atomic mass is 9.84. The molecule has 19 heavy (non-hydrogen) atoms. The van der Waals surface area contributed by atoms with Crippen LogP contribution in [0.2, 0.25) is 0 Å². The summed E-state index contributed by atoms with van der Waals surface area (Å²) in [5.74, 6) is -4.24. The van der Waals surface area contributed by atoms with Crippen molar-refractivity contribution in [2.24, 2.45) is 11.8 Å². The van der Waals surface area contributed by atoms with E-state index < -0.39 is 29.6 Å². The van der Waals surface area contributed by atoms with E-state index in [2.05, 4.69) is 0 Å². The van der Waals surface area contributed by atoms with Gasteiger partial charge in [0.05, 0.1) is 5.92 Å². The van der Waals surface area contributed by atoms with Crippen LogP contribution in [-0.2, 0) is 0 Å². The first-order chi connectivity index (χ1) is 8.73. The van der Waals surface area contributed by atoms with E-state index >= 15 is 0 Å². The quantitative estimate of drug-likeness (QED) is 0.636. The summed E-state index contributed by atoms with van der Waals surface area (Å²) in [6, 6.07) is 2.40. The molecular formula is C14H15F5. The number of hydrogen-bond acceptors (Lipinski definition) is 0. The molecule has 1 aromatic rings. The van der Waals surface area contributed by atoms with E-state index in [1.54, 1.807) is 0 Å². The molecule has 3 unspecified atom stereocenters. The topological polar surface area (TPSA) is 0 Å². The molecular weight excluding hydrogens is 263 g/mol. The summed E-state index contributed by atoms with van der Waals surface area (Å²) in [6.45, 7) is 2.96. The molecule has 3 atom stereocenters. The summed E-state index contributed by atoms with van der Waals surface area (Å²) in [5, 5.41) is 0. The van der Waals surface area contributed by atoms with Crippen LogP contribution in [0.25, 0.3) is 0 Å². The number of rotatable bonds is 1. The Morgan fingerprint density at radius 2 is 1.74 bits per heavy atom. The van der Waals surface area contributed by atoms with E-state index in [0.29, 0.717) is 12.0 Å². The van der Waals surface area contributed by atoms with E-state index in [0.717, 1.165) is 6.07 Å². The molecule has 1 aliphatic rings. The molecule has 1 aliphatic carbocycles. The third-order valence-electron chi connectivity index (χ3n) is 4.26. The third-order valence-corrected chi connectivity index (χ3v) is 4.26. The maximum Gasteiger partial charge on any atom is 0.392 e. The minimum absolute atomic E-state index is 0.0494. The van der Waals surface area contributed by atoms with Crippen molar-refractivity contribution < 1.29 is 22.0 Å². The highest BCUT2D eigenvalue weighted by atomic mass is 19.4. The Bertz CT molecular complexity index is 477. The first kappa shape index (κ1) is 14.3. The lowest BCUT2D eigenvalue weighted by Gasteiger charge is -2.24. The maximum atomic E-state index is 13.5. The van der Waals surface area contributed by atoms with Crippen LogP contribution < -0.4 is 0 Å². The highest BCUT2D eigenvalue weighted by Gasteiger charge is 2.49. The van der Waals surface area contributed by atoms with Gasteiger partial charge in [-0.3, -0.25) is 0 Å². The molecule has 0 saturated heterocycles. The Hall–Kier alpha value is -1.13. The second-order valence-electron chi connectivity index (χ2n) is 5.27. The standard InChI is InChI=1S/C14H15F5/c1-7-9(3-5-11(7)14(17,18)19)10-4-6-12(15)13(16)8(10)2/h4,6-7,9,11H,3,5H2,1-2H3. The van der Waals surface area contributed by atoms with Gasteiger partial charge in [0, 0.05) is 0 Å². The Kier molecular flexibility index (Phi) is 3.58. The largest absolute Gasteiger partial charge is 0.392 e. The fourth-order valence-electron chi connectivity index (χ4n) is 3.13. The molecule has 1 saturated carbocycles. The van der Waals surface area contributed by atoms with Crippen molar-refractivity contribution in [1.82, 2.24) is 0 Å². The molecule has 0 bridgehead atoms. The molecule has 0 radical (unpaired) electrons. The van der Waals surface area contributed by atoms with Crippen molar-refractivity contribution in [3.05, 3.63) is 34.9 Å². The molecule has 0 aliphatic heterocycles. The predicted octanol–water partition coefficient (Wildman–Crippen LogP) is 4.97. The summed E-state index contributed by atoms with van der Waals surface area (Å²) in [7, 11) is 0. The first-order valence-corrected chi connectivity index (χ1v) is 6.24. The van der Waals surface area contributed by atoms with Crippen LogP contribution in [0.5, 0.6) is 0 Å². The van der Waals surface area contributed by atoms with E-state index in [4.69, 9.17) is 0 Å². The van der Waals surface area contributed by atoms with E-state index in [1.165, 1.54) is 19.9 Å². The average molecular weight is 278 g/mol. The van der Waals surface area contributed by atoms with Crippen LogP contribution in [-0.4, -0.2) is 6.18 Å². The van der Waals surface area contributed by atoms with Crippen LogP contribution >= 0.6 is 0 Å². The van der Waals surface area contributed by atoms with Crippen LogP contribution in [0.3, 0.4) is 0 Å². The first-order valence-electron chi connectivity index (χ1n) is 6.24. The van der Waals surface area contributed by atoms with Crippen molar-refractivity contribution in [2.45, 2.75) is 38.8 Å². The smallest absolute Gasteiger partial charge is 0.204 e. The van der Waals surface area contributed by atoms with Gasteiger partial charge in [0.25, 0.3) is 0 Å². The van der Waals surface area contributed by atoms with Gasteiger partial charge in [0.1, 0.15) is 0 Å². The number of hydrogen-bond donors (Lipinski definition) is 0. The van der Waals surface area contributed by atoms with Crippen LogP contribution in [0.4, 0.5) is 22.0 Å². The number of halogens is 5. The molecule has 0 heterocycles. The molecule has 106 valence electrons. The molecule has 0 spiro atoms. The molecule has 2 rings (SSSR count). The van der Waals surface area contributed by atoms with Gasteiger partial charge in [-0.2, -0.15) is 13.2 Å². The number of alkyl halides is 3. The summed E-state index contributed by atoms with van der Waals surface area (Å²) in [6.07, 6.45) is -3.81. The average Bonchev–Trinajstić information content (AvgIpc) is 2.68. The van der Waals surface area contributed by atoms with Gasteiger partial charge >= 0.3 is 6.18 Å². The van der Waals surface area contributed by atoms with Crippen molar-refractivity contribution in [3.8, 4) is 0 Å². The zero-order valence-corrected chi connectivity index (χ0v) is 10.7. The van der Waals surface area contributed by atoms with Gasteiger partial charge < -0.3 is 0 Å². The van der Waals surface area contributed by atoms with Crippen molar-refractivity contribution in [1.29, 1.82) is 0 Å². The minimum atomic E-state index is -4.22. The fourth-order valence-corrected chi connectivity index (χ4v) is 3.13. The van der Waals surface area contributed by atoms with Gasteiger partial charge in [-0.25, -0.2) is 8.78 Å². The normalized spacial score (nSPS) is 27.8. The number of benzene rings is 1. The van der Waals surface area contributed by atoms with Crippen LogP contribution in [0.15, 0.2) is 12.1 Å². The lowest BCUT2D eigenvalue weighted by Crippen LogP contribution is -2.26. The second-order valence-corrected chi connectivity index (χ2v) is 5.27. The third kappa shape index (κ3) is 2.47. The van der Waals surface area contributed by atoms with Crippen LogP contribution in [0, 0.1) is 30.4 Å². The molecule has 0 N–H and O–H groups in total. The second kappa shape index (κ2) is 4.76. The van der Waals surface area contributed by atoms with Gasteiger partial charge in [-0.05, 0) is 48.8 Å². The predicted molar refractivity (Wildman–Crippen MR) is 61.8 cm³/mol. The highest BCUT2D eigenvalue weighted by molar-refractivity contribution is 5.32. The summed E-state index contributed by atoms with van der Waals surface area (Å²) in [4.78, 5) is 0. The van der Waals surface area contributed by atoms with Gasteiger partial charge in [-0.1, -0.05) is 13.0 Å². The fraction of sp³-hybridized carbons (Fsp3) is 0.571. The molecule has 0 nitrogen and oxygen atoms in total. The lowest BCUT2D eigenvalue weighted by molar-refractivity contribution is -0.182. The summed E-state index contributed by atoms with van der Waals surface area (Å²) < 4.78 is 65.0. The molecule has 1 fully saturated rings. The van der Waals surface area contributed by atoms with E-state index in [-0.39, 0.29) is 17.9 Å². The summed E-state index contributed by atoms with van der Waals surface area (Å²) in [5.41, 5.74) is 0.623. The Balaban J connectivity index is 2.33. The molecule has 5 heteroatoms.